The van der Waals surface area contributed by atoms with Gasteiger partial charge in [-0.3, -0.25) is 4.79 Å². The molecule has 0 bridgehead atoms. The van der Waals surface area contributed by atoms with Gasteiger partial charge in [0.05, 0.1) is 18.8 Å². The SMILES string of the molecule is CN(C)CC(=O)N1CCC2=C1C=CC(C)(OCc1cc(-c3ccccc3)c(C(F)(F)F)s1)C2. The van der Waals surface area contributed by atoms with E-state index in [2.05, 4.69) is 0 Å². The summed E-state index contributed by atoms with van der Waals surface area (Å²) >= 11 is 0.734. The van der Waals surface area contributed by atoms with Gasteiger partial charge in [-0.1, -0.05) is 36.4 Å². The number of alkyl halides is 3. The lowest BCUT2D eigenvalue weighted by Crippen LogP contribution is -2.36. The second-order valence-corrected chi connectivity index (χ2v) is 10.1. The van der Waals surface area contributed by atoms with Crippen molar-refractivity contribution in [2.45, 2.75) is 38.1 Å². The van der Waals surface area contributed by atoms with Crippen molar-refractivity contribution < 1.29 is 22.7 Å². The Labute approximate surface area is 196 Å². The number of thiophene rings is 1. The molecule has 4 nitrogen and oxygen atoms in total. The van der Waals surface area contributed by atoms with Gasteiger partial charge in [-0.15, -0.1) is 11.3 Å². The fourth-order valence-electron chi connectivity index (χ4n) is 4.32. The van der Waals surface area contributed by atoms with Gasteiger partial charge in [-0.25, -0.2) is 0 Å². The molecule has 176 valence electrons. The van der Waals surface area contributed by atoms with Crippen molar-refractivity contribution in [3.8, 4) is 11.1 Å². The second kappa shape index (κ2) is 9.08. The number of likely N-dealkylation sites (N-methyl/N-ethyl adjacent to an activating group) is 1. The van der Waals surface area contributed by atoms with E-state index in [1.165, 1.54) is 0 Å². The summed E-state index contributed by atoms with van der Waals surface area (Å²) in [5.41, 5.74) is 2.18. The van der Waals surface area contributed by atoms with Crippen molar-refractivity contribution in [2.75, 3.05) is 27.2 Å². The zero-order chi connectivity index (χ0) is 23.8. The third-order valence-electron chi connectivity index (χ3n) is 5.87. The highest BCUT2D eigenvalue weighted by Gasteiger charge is 2.38. The standard InChI is InChI=1S/C25H27F3N2O2S/c1-24(11-9-21-18(14-24)10-12-30(21)22(31)15-29(2)3)32-16-19-13-20(17-7-5-4-6-8-17)23(33-19)25(26,27)28/h4-9,11,13H,10,12,14-16H2,1-3H3. The van der Waals surface area contributed by atoms with Crippen molar-refractivity contribution in [3.63, 3.8) is 0 Å². The highest BCUT2D eigenvalue weighted by atomic mass is 32.1. The van der Waals surface area contributed by atoms with E-state index in [0.29, 0.717) is 30.0 Å². The molecule has 0 saturated carbocycles. The lowest BCUT2D eigenvalue weighted by atomic mass is 9.89. The van der Waals surface area contributed by atoms with Crippen LogP contribution in [0.4, 0.5) is 13.2 Å². The molecule has 0 radical (unpaired) electrons. The van der Waals surface area contributed by atoms with Crippen LogP contribution in [0.15, 0.2) is 59.8 Å². The monoisotopic (exact) mass is 476 g/mol. The Hall–Kier alpha value is -2.42. The van der Waals surface area contributed by atoms with E-state index in [-0.39, 0.29) is 18.1 Å². The maximum atomic E-state index is 13.7. The Morgan fingerprint density at radius 2 is 1.97 bits per heavy atom. The fraction of sp³-hybridized carbons (Fsp3) is 0.400. The van der Waals surface area contributed by atoms with E-state index in [9.17, 15) is 18.0 Å². The van der Waals surface area contributed by atoms with Crippen LogP contribution in [-0.4, -0.2) is 48.5 Å². The number of carbonyl (C=O) groups is 1. The molecule has 8 heteroatoms. The summed E-state index contributed by atoms with van der Waals surface area (Å²) < 4.78 is 47.1. The summed E-state index contributed by atoms with van der Waals surface area (Å²) in [6.07, 6.45) is 0.823. The van der Waals surface area contributed by atoms with Gasteiger partial charge in [0.15, 0.2) is 0 Å². The Morgan fingerprint density at radius 1 is 1.24 bits per heavy atom. The Morgan fingerprint density at radius 3 is 2.64 bits per heavy atom. The normalized spacial score (nSPS) is 20.6. The largest absolute Gasteiger partial charge is 0.426 e. The van der Waals surface area contributed by atoms with E-state index in [4.69, 9.17) is 4.74 Å². The van der Waals surface area contributed by atoms with E-state index in [1.54, 1.807) is 36.4 Å². The minimum atomic E-state index is -4.42. The lowest BCUT2D eigenvalue weighted by Gasteiger charge is -2.31. The van der Waals surface area contributed by atoms with E-state index >= 15 is 0 Å². The van der Waals surface area contributed by atoms with Gasteiger partial charge in [-0.2, -0.15) is 13.2 Å². The molecule has 2 aromatic rings. The molecular weight excluding hydrogens is 449 g/mol. The molecule has 0 spiro atoms. The molecule has 4 rings (SSSR count). The predicted octanol–water partition coefficient (Wildman–Crippen LogP) is 5.72. The van der Waals surface area contributed by atoms with Crippen molar-refractivity contribution in [2.24, 2.45) is 0 Å². The van der Waals surface area contributed by atoms with Gasteiger partial charge < -0.3 is 14.5 Å². The number of hydrogen-bond acceptors (Lipinski definition) is 4. The predicted molar refractivity (Wildman–Crippen MR) is 124 cm³/mol. The summed E-state index contributed by atoms with van der Waals surface area (Å²) in [5.74, 6) is 0.0610. The van der Waals surface area contributed by atoms with Crippen LogP contribution in [0.25, 0.3) is 11.1 Å². The maximum absolute atomic E-state index is 13.7. The number of allylic oxidation sites excluding steroid dienone is 1. The van der Waals surface area contributed by atoms with Crippen LogP contribution in [-0.2, 0) is 22.3 Å². The van der Waals surface area contributed by atoms with Crippen molar-refractivity contribution in [1.82, 2.24) is 9.80 Å². The maximum Gasteiger partial charge on any atom is 0.426 e. The van der Waals surface area contributed by atoms with Gasteiger partial charge in [0, 0.05) is 29.1 Å². The Kier molecular flexibility index (Phi) is 6.53. The lowest BCUT2D eigenvalue weighted by molar-refractivity contribution is -0.134. The first kappa shape index (κ1) is 23.7. The second-order valence-electron chi connectivity index (χ2n) is 8.95. The quantitative estimate of drug-likeness (QED) is 0.535. The zero-order valence-corrected chi connectivity index (χ0v) is 19.7. The number of carbonyl (C=O) groups excluding carboxylic acids is 1. The van der Waals surface area contributed by atoms with Gasteiger partial charge in [0.25, 0.3) is 0 Å². The molecule has 1 atom stereocenters. The minimum Gasteiger partial charge on any atom is -0.365 e. The van der Waals surface area contributed by atoms with Crippen molar-refractivity contribution >= 4 is 17.2 Å². The van der Waals surface area contributed by atoms with Crippen LogP contribution in [0.3, 0.4) is 0 Å². The number of amides is 1. The van der Waals surface area contributed by atoms with Crippen LogP contribution in [0.2, 0.25) is 0 Å². The van der Waals surface area contributed by atoms with Gasteiger partial charge in [-0.05, 0) is 50.7 Å². The summed E-state index contributed by atoms with van der Waals surface area (Å²) in [6, 6.07) is 10.2. The van der Waals surface area contributed by atoms with E-state index in [0.717, 1.165) is 29.0 Å². The molecule has 0 saturated heterocycles. The number of nitrogens with zero attached hydrogens (tertiary/aromatic N) is 2. The minimum absolute atomic E-state index is 0.0610. The molecule has 0 N–H and O–H groups in total. The van der Waals surface area contributed by atoms with Crippen LogP contribution in [0.5, 0.6) is 0 Å². The Balaban J connectivity index is 1.48. The first-order valence-electron chi connectivity index (χ1n) is 10.8. The Bertz CT molecular complexity index is 1090. The number of halogens is 3. The molecule has 2 heterocycles. The van der Waals surface area contributed by atoms with Gasteiger partial charge in [0.2, 0.25) is 5.91 Å². The smallest absolute Gasteiger partial charge is 0.365 e. The number of hydrogen-bond donors (Lipinski definition) is 0. The summed E-state index contributed by atoms with van der Waals surface area (Å²) in [6.45, 7) is 3.03. The number of benzene rings is 1. The zero-order valence-electron chi connectivity index (χ0n) is 18.9. The molecule has 1 aliphatic carbocycles. The third-order valence-corrected chi connectivity index (χ3v) is 7.02. The summed E-state index contributed by atoms with van der Waals surface area (Å²) in [7, 11) is 3.73. The molecule has 2 aliphatic rings. The molecule has 1 unspecified atom stereocenters. The van der Waals surface area contributed by atoms with Crippen molar-refractivity contribution in [3.05, 3.63) is 69.6 Å². The van der Waals surface area contributed by atoms with Gasteiger partial charge >= 0.3 is 6.18 Å². The number of ether oxygens (including phenoxy) is 1. The van der Waals surface area contributed by atoms with Crippen LogP contribution < -0.4 is 0 Å². The molecule has 1 aromatic carbocycles. The topological polar surface area (TPSA) is 32.8 Å². The molecule has 1 aromatic heterocycles. The van der Waals surface area contributed by atoms with Gasteiger partial charge in [0.1, 0.15) is 4.88 Å². The third kappa shape index (κ3) is 5.23. The molecular formula is C25H27F3N2O2S. The first-order valence-corrected chi connectivity index (χ1v) is 11.6. The highest BCUT2D eigenvalue weighted by molar-refractivity contribution is 7.12. The van der Waals surface area contributed by atoms with E-state index < -0.39 is 16.7 Å². The van der Waals surface area contributed by atoms with Crippen LogP contribution >= 0.6 is 11.3 Å². The summed E-state index contributed by atoms with van der Waals surface area (Å²) in [4.78, 5) is 16.1. The fourth-order valence-corrected chi connectivity index (χ4v) is 5.28. The molecule has 33 heavy (non-hydrogen) atoms. The molecule has 1 amide bonds. The number of rotatable bonds is 6. The molecule has 1 aliphatic heterocycles. The van der Waals surface area contributed by atoms with Crippen LogP contribution in [0.1, 0.15) is 29.5 Å². The van der Waals surface area contributed by atoms with Crippen molar-refractivity contribution in [1.29, 1.82) is 0 Å². The average molecular weight is 477 g/mol. The van der Waals surface area contributed by atoms with Crippen LogP contribution in [0, 0.1) is 0 Å². The highest BCUT2D eigenvalue weighted by Crippen LogP contribution is 2.44. The molecule has 0 fully saturated rings. The summed E-state index contributed by atoms with van der Waals surface area (Å²) in [5, 5.41) is 0. The van der Waals surface area contributed by atoms with E-state index in [1.807, 2.05) is 43.0 Å². The first-order chi connectivity index (χ1) is 15.6. The average Bonchev–Trinajstić information content (AvgIpc) is 3.36.